The van der Waals surface area contributed by atoms with Gasteiger partial charge in [0.2, 0.25) is 0 Å². The van der Waals surface area contributed by atoms with E-state index < -0.39 is 6.10 Å². The van der Waals surface area contributed by atoms with E-state index in [2.05, 4.69) is 40.7 Å². The van der Waals surface area contributed by atoms with Crippen molar-refractivity contribution in [3.63, 3.8) is 0 Å². The molecular weight excluding hydrogens is 444 g/mol. The van der Waals surface area contributed by atoms with Crippen molar-refractivity contribution in [2.45, 2.75) is 104 Å². The van der Waals surface area contributed by atoms with E-state index in [1.165, 1.54) is 25.3 Å². The number of hydrogen-bond donors (Lipinski definition) is 1. The topological polar surface area (TPSA) is 77.5 Å². The number of carbonyl (C=O) groups excluding carboxylic acids is 1. The number of aliphatic hydroxyl groups excluding tert-OH is 1. The third-order valence-electron chi connectivity index (χ3n) is 11.2. The second-order valence-corrected chi connectivity index (χ2v) is 13.9. The zero-order chi connectivity index (χ0) is 24.9. The fourth-order valence-electron chi connectivity index (χ4n) is 9.43. The average molecular weight is 489 g/mol. The summed E-state index contributed by atoms with van der Waals surface area (Å²) in [7, 11) is 0. The first-order valence-corrected chi connectivity index (χ1v) is 13.9. The molecule has 2 aliphatic heterocycles. The minimum absolute atomic E-state index is 0.00597. The maximum absolute atomic E-state index is 11.6. The number of esters is 1. The molecule has 1 unspecified atom stereocenters. The van der Waals surface area contributed by atoms with Gasteiger partial charge in [-0.2, -0.15) is 0 Å². The predicted molar refractivity (Wildman–Crippen MR) is 130 cm³/mol. The van der Waals surface area contributed by atoms with E-state index in [-0.39, 0.29) is 52.7 Å². The highest BCUT2D eigenvalue weighted by Gasteiger charge is 2.69. The van der Waals surface area contributed by atoms with Crippen molar-refractivity contribution in [2.24, 2.45) is 45.8 Å². The lowest BCUT2D eigenvalue weighted by molar-refractivity contribution is -0.253. The molecule has 0 spiro atoms. The molecule has 2 heterocycles. The Hall–Kier alpha value is -0.950. The van der Waals surface area contributed by atoms with Crippen LogP contribution in [0, 0.1) is 45.8 Å². The summed E-state index contributed by atoms with van der Waals surface area (Å²) < 4.78 is 24.3. The van der Waals surface area contributed by atoms with Gasteiger partial charge in [-0.1, -0.05) is 46.3 Å². The van der Waals surface area contributed by atoms with Crippen LogP contribution in [-0.4, -0.2) is 55.0 Å². The average Bonchev–Trinajstić information content (AvgIpc) is 3.52. The summed E-state index contributed by atoms with van der Waals surface area (Å²) in [5.41, 5.74) is 1.44. The highest BCUT2D eigenvalue weighted by Crippen LogP contribution is 2.69. The molecule has 0 radical (unpaired) electrons. The van der Waals surface area contributed by atoms with Crippen LogP contribution < -0.4 is 0 Å². The minimum atomic E-state index is -0.446. The van der Waals surface area contributed by atoms with Gasteiger partial charge in [0.15, 0.2) is 6.29 Å². The van der Waals surface area contributed by atoms with E-state index in [1.54, 1.807) is 0 Å². The fourth-order valence-corrected chi connectivity index (χ4v) is 9.43. The van der Waals surface area contributed by atoms with E-state index in [9.17, 15) is 9.90 Å². The van der Waals surface area contributed by atoms with Crippen LogP contribution in [0.3, 0.4) is 0 Å². The van der Waals surface area contributed by atoms with Gasteiger partial charge in [0.1, 0.15) is 12.2 Å². The molecule has 196 valence electrons. The molecule has 0 aromatic heterocycles. The second-order valence-electron chi connectivity index (χ2n) is 13.9. The van der Waals surface area contributed by atoms with Gasteiger partial charge in [-0.3, -0.25) is 4.79 Å². The Morgan fingerprint density at radius 2 is 1.83 bits per heavy atom. The maximum Gasteiger partial charge on any atom is 0.303 e. The number of aliphatic hydroxyl groups is 1. The molecule has 6 heteroatoms. The summed E-state index contributed by atoms with van der Waals surface area (Å²) in [5.74, 6) is 1.77. The van der Waals surface area contributed by atoms with Gasteiger partial charge >= 0.3 is 5.97 Å². The van der Waals surface area contributed by atoms with Crippen molar-refractivity contribution in [1.29, 1.82) is 0 Å². The van der Waals surface area contributed by atoms with Crippen LogP contribution in [-0.2, 0) is 23.7 Å². The minimum Gasteiger partial charge on any atom is -0.459 e. The zero-order valence-electron chi connectivity index (χ0n) is 22.3. The Bertz CT molecular complexity index is 903. The highest BCUT2D eigenvalue weighted by molar-refractivity contribution is 5.66. The van der Waals surface area contributed by atoms with Gasteiger partial charge in [0, 0.05) is 30.1 Å². The molecule has 0 bridgehead atoms. The first-order valence-electron chi connectivity index (χ1n) is 13.9. The number of hydrogen-bond acceptors (Lipinski definition) is 6. The smallest absolute Gasteiger partial charge is 0.303 e. The number of epoxide rings is 1. The third-order valence-corrected chi connectivity index (χ3v) is 11.2. The van der Waals surface area contributed by atoms with Crippen LogP contribution in [0.5, 0.6) is 0 Å². The summed E-state index contributed by atoms with van der Waals surface area (Å²) in [6.07, 6.45) is 6.73. The molecule has 6 nitrogen and oxygen atoms in total. The Labute approximate surface area is 210 Å². The molecule has 5 fully saturated rings. The summed E-state index contributed by atoms with van der Waals surface area (Å²) in [6, 6.07) is 0. The Balaban J connectivity index is 1.24. The molecule has 1 N–H and O–H groups in total. The second kappa shape index (κ2) is 8.02. The van der Waals surface area contributed by atoms with Gasteiger partial charge < -0.3 is 24.1 Å². The predicted octanol–water partition coefficient (Wildman–Crippen LogP) is 4.49. The van der Waals surface area contributed by atoms with E-state index in [0.29, 0.717) is 30.1 Å². The third kappa shape index (κ3) is 3.60. The number of ether oxygens (including phenoxy) is 4. The summed E-state index contributed by atoms with van der Waals surface area (Å²) in [5, 5.41) is 11.5. The van der Waals surface area contributed by atoms with Crippen LogP contribution in [0.2, 0.25) is 0 Å². The van der Waals surface area contributed by atoms with Crippen molar-refractivity contribution in [3.05, 3.63) is 11.6 Å². The van der Waals surface area contributed by atoms with E-state index in [4.69, 9.17) is 18.9 Å². The molecule has 11 atom stereocenters. The van der Waals surface area contributed by atoms with Crippen molar-refractivity contribution in [2.75, 3.05) is 13.2 Å². The quantitative estimate of drug-likeness (QED) is 0.358. The van der Waals surface area contributed by atoms with Crippen molar-refractivity contribution in [1.82, 2.24) is 0 Å². The van der Waals surface area contributed by atoms with Crippen LogP contribution in [0.1, 0.15) is 73.6 Å². The lowest BCUT2D eigenvalue weighted by Crippen LogP contribution is -2.57. The standard InChI is InChI=1S/C29H44O6/c1-15(26-32-13-27(3,4)14-33-26)18-7-8-19-23-20(9-10-28(18,19)5)29(6)17(11-21(23)31)12-22(34-16(2)30)24-25(29)35-24/h11,15,18-26,31H,7-10,12-14H2,1-6H3/t15?,18-,19+,20+,21-,22-,23+,24+,25+,28-,29+/m1/s1. The molecule has 2 saturated heterocycles. The van der Waals surface area contributed by atoms with Gasteiger partial charge in [-0.15, -0.1) is 0 Å². The van der Waals surface area contributed by atoms with E-state index in [0.717, 1.165) is 26.1 Å². The van der Waals surface area contributed by atoms with Crippen LogP contribution >= 0.6 is 0 Å². The molecule has 4 aliphatic carbocycles. The largest absolute Gasteiger partial charge is 0.459 e. The number of carbonyl (C=O) groups is 1. The van der Waals surface area contributed by atoms with Crippen molar-refractivity contribution < 1.29 is 28.8 Å². The van der Waals surface area contributed by atoms with Crippen LogP contribution in [0.15, 0.2) is 11.6 Å². The number of rotatable bonds is 3. The van der Waals surface area contributed by atoms with E-state index >= 15 is 0 Å². The number of fused-ring (bicyclic) bond motifs is 7. The van der Waals surface area contributed by atoms with E-state index in [1.807, 2.05) is 0 Å². The first kappa shape index (κ1) is 24.4. The Morgan fingerprint density at radius 1 is 1.11 bits per heavy atom. The molecule has 6 rings (SSSR count). The Morgan fingerprint density at radius 3 is 2.51 bits per heavy atom. The normalized spacial score (nSPS) is 51.2. The molecule has 3 saturated carbocycles. The molecule has 0 amide bonds. The van der Waals surface area contributed by atoms with Crippen molar-refractivity contribution in [3.8, 4) is 0 Å². The summed E-state index contributed by atoms with van der Waals surface area (Å²) >= 11 is 0. The highest BCUT2D eigenvalue weighted by atomic mass is 16.7. The molecule has 0 aromatic carbocycles. The van der Waals surface area contributed by atoms with Gasteiger partial charge in [-0.05, 0) is 54.8 Å². The summed E-state index contributed by atoms with van der Waals surface area (Å²) in [4.78, 5) is 11.6. The lowest BCUT2D eigenvalue weighted by atomic mass is 9.46. The first-order chi connectivity index (χ1) is 16.5. The monoisotopic (exact) mass is 488 g/mol. The Kier molecular flexibility index (Phi) is 5.59. The van der Waals surface area contributed by atoms with Gasteiger partial charge in [-0.25, -0.2) is 0 Å². The maximum atomic E-state index is 11.6. The van der Waals surface area contributed by atoms with Crippen LogP contribution in [0.4, 0.5) is 0 Å². The van der Waals surface area contributed by atoms with Crippen LogP contribution in [0.25, 0.3) is 0 Å². The molecule has 0 aromatic rings. The van der Waals surface area contributed by atoms with Gasteiger partial charge in [0.05, 0.1) is 25.4 Å². The van der Waals surface area contributed by atoms with Crippen molar-refractivity contribution >= 4 is 5.97 Å². The summed E-state index contributed by atoms with van der Waals surface area (Å²) in [6.45, 7) is 14.5. The SMILES string of the molecule is CC(=O)O[C@@H]1CC2=C[C@@H](O)[C@H]3[C@@H]4CC[C@H](C(C)C5OCC(C)(C)CO5)[C@@]4(C)CC[C@@H]3[C@@]2(C)[C@H]2O[C@@H]12. The zero-order valence-corrected chi connectivity index (χ0v) is 22.3. The molecule has 35 heavy (non-hydrogen) atoms. The molecular formula is C29H44O6. The fraction of sp³-hybridized carbons (Fsp3) is 0.897. The van der Waals surface area contributed by atoms with Gasteiger partial charge in [0.25, 0.3) is 0 Å². The molecule has 6 aliphatic rings. The lowest BCUT2D eigenvalue weighted by Gasteiger charge is -2.59.